The fourth-order valence-electron chi connectivity index (χ4n) is 4.33. The number of benzene rings is 2. The zero-order chi connectivity index (χ0) is 21.4. The Morgan fingerprint density at radius 2 is 1.94 bits per heavy atom. The van der Waals surface area contributed by atoms with Gasteiger partial charge in [-0.05, 0) is 47.7 Å². The van der Waals surface area contributed by atoms with Gasteiger partial charge in [-0.25, -0.2) is 14.5 Å². The fourth-order valence-corrected chi connectivity index (χ4v) is 4.33. The predicted octanol–water partition coefficient (Wildman–Crippen LogP) is 3.19. The van der Waals surface area contributed by atoms with Crippen molar-refractivity contribution < 1.29 is 4.79 Å². The molecule has 0 unspecified atom stereocenters. The Labute approximate surface area is 179 Å². The molecule has 7 nitrogen and oxygen atoms in total. The second kappa shape index (κ2) is 7.83. The molecule has 1 N–H and O–H groups in total. The molecule has 0 spiro atoms. The third kappa shape index (κ3) is 3.74. The van der Waals surface area contributed by atoms with Crippen LogP contribution in [0.1, 0.15) is 19.2 Å². The number of nitrogens with one attached hydrogen (secondary N) is 1. The maximum absolute atomic E-state index is 12.5. The highest BCUT2D eigenvalue weighted by molar-refractivity contribution is 5.84. The number of nitrogens with zero attached hydrogens (tertiary/aromatic N) is 4. The molecule has 0 bridgehead atoms. The summed E-state index contributed by atoms with van der Waals surface area (Å²) >= 11 is 0. The average Bonchev–Trinajstić information content (AvgIpc) is 3.41. The number of likely N-dealkylation sites (tertiary alicyclic amines) is 1. The van der Waals surface area contributed by atoms with Gasteiger partial charge in [-0.2, -0.15) is 5.10 Å². The van der Waals surface area contributed by atoms with E-state index in [1.165, 1.54) is 0 Å². The molecular formula is C24H23N5O2. The fraction of sp³-hybridized carbons (Fsp3) is 0.250. The minimum absolute atomic E-state index is 0.0985. The summed E-state index contributed by atoms with van der Waals surface area (Å²) in [6, 6.07) is 18.1. The van der Waals surface area contributed by atoms with Crippen molar-refractivity contribution in [2.75, 3.05) is 13.1 Å². The van der Waals surface area contributed by atoms with Crippen molar-refractivity contribution >= 4 is 16.8 Å². The van der Waals surface area contributed by atoms with Crippen LogP contribution in [0, 0.1) is 5.92 Å². The van der Waals surface area contributed by atoms with E-state index < -0.39 is 0 Å². The SMILES string of the molecule is CC(=O)N1CC[C@@H](Cc2n[nH]c(=O)n2-c2ccc(-c3ccc4cccnc4c3)cc2)C1. The van der Waals surface area contributed by atoms with Crippen LogP contribution in [0.15, 0.2) is 65.6 Å². The Bertz CT molecular complexity index is 1310. The van der Waals surface area contributed by atoms with Gasteiger partial charge < -0.3 is 4.90 Å². The topological polar surface area (TPSA) is 83.9 Å². The zero-order valence-corrected chi connectivity index (χ0v) is 17.3. The maximum Gasteiger partial charge on any atom is 0.347 e. The molecule has 2 aromatic carbocycles. The van der Waals surface area contributed by atoms with E-state index in [9.17, 15) is 9.59 Å². The van der Waals surface area contributed by atoms with Crippen LogP contribution >= 0.6 is 0 Å². The van der Waals surface area contributed by atoms with E-state index in [2.05, 4.69) is 33.4 Å². The quantitative estimate of drug-likeness (QED) is 0.557. The van der Waals surface area contributed by atoms with Crippen molar-refractivity contribution in [3.8, 4) is 16.8 Å². The lowest BCUT2D eigenvalue weighted by atomic mass is 10.0. The summed E-state index contributed by atoms with van der Waals surface area (Å²) in [5.74, 6) is 1.10. The molecule has 0 aliphatic carbocycles. The number of pyridine rings is 1. The van der Waals surface area contributed by atoms with Crippen LogP contribution in [0.5, 0.6) is 0 Å². The van der Waals surface area contributed by atoms with Crippen molar-refractivity contribution in [1.29, 1.82) is 0 Å². The van der Waals surface area contributed by atoms with Gasteiger partial charge in [0.25, 0.3) is 0 Å². The molecule has 1 aliphatic heterocycles. The Balaban J connectivity index is 1.40. The first-order valence-electron chi connectivity index (χ1n) is 10.5. The smallest absolute Gasteiger partial charge is 0.343 e. The number of hydrogen-bond acceptors (Lipinski definition) is 4. The van der Waals surface area contributed by atoms with Crippen LogP contribution in [0.25, 0.3) is 27.7 Å². The monoisotopic (exact) mass is 413 g/mol. The number of hydrogen-bond donors (Lipinski definition) is 1. The lowest BCUT2D eigenvalue weighted by Gasteiger charge is -2.14. The second-order valence-electron chi connectivity index (χ2n) is 8.06. The summed E-state index contributed by atoms with van der Waals surface area (Å²) in [5.41, 5.74) is 3.61. The van der Waals surface area contributed by atoms with Gasteiger partial charge in [-0.1, -0.05) is 30.3 Å². The highest BCUT2D eigenvalue weighted by Crippen LogP contribution is 2.25. The van der Waals surface area contributed by atoms with Gasteiger partial charge in [0.05, 0.1) is 11.2 Å². The van der Waals surface area contributed by atoms with Gasteiger partial charge >= 0.3 is 5.69 Å². The summed E-state index contributed by atoms with van der Waals surface area (Å²) in [5, 5.41) is 7.94. The second-order valence-corrected chi connectivity index (χ2v) is 8.06. The van der Waals surface area contributed by atoms with Crippen molar-refractivity contribution in [2.45, 2.75) is 19.8 Å². The number of aromatic nitrogens is 4. The number of amides is 1. The Morgan fingerprint density at radius 3 is 2.71 bits per heavy atom. The van der Waals surface area contributed by atoms with Crippen LogP contribution in [-0.2, 0) is 11.2 Å². The molecule has 1 saturated heterocycles. The van der Waals surface area contributed by atoms with Gasteiger partial charge in [0.15, 0.2) is 0 Å². The zero-order valence-electron chi connectivity index (χ0n) is 17.3. The first-order chi connectivity index (χ1) is 15.1. The third-order valence-corrected chi connectivity index (χ3v) is 6.01. The van der Waals surface area contributed by atoms with Crippen molar-refractivity contribution in [2.24, 2.45) is 5.92 Å². The largest absolute Gasteiger partial charge is 0.347 e. The van der Waals surface area contributed by atoms with Crippen molar-refractivity contribution in [1.82, 2.24) is 24.6 Å². The number of aromatic amines is 1. The number of carbonyl (C=O) groups is 1. The average molecular weight is 413 g/mol. The van der Waals surface area contributed by atoms with Gasteiger partial charge in [0.2, 0.25) is 5.91 Å². The molecule has 31 heavy (non-hydrogen) atoms. The van der Waals surface area contributed by atoms with E-state index >= 15 is 0 Å². The summed E-state index contributed by atoms with van der Waals surface area (Å²) in [6.45, 7) is 3.08. The van der Waals surface area contributed by atoms with Gasteiger partial charge in [0, 0.05) is 38.0 Å². The number of carbonyl (C=O) groups excluding carboxylic acids is 1. The Morgan fingerprint density at radius 1 is 1.13 bits per heavy atom. The van der Waals surface area contributed by atoms with E-state index in [1.807, 2.05) is 41.3 Å². The molecule has 2 aromatic heterocycles. The molecule has 5 rings (SSSR count). The molecule has 1 fully saturated rings. The first-order valence-corrected chi connectivity index (χ1v) is 10.5. The minimum Gasteiger partial charge on any atom is -0.343 e. The molecule has 0 radical (unpaired) electrons. The van der Waals surface area contributed by atoms with E-state index in [4.69, 9.17) is 0 Å². The van der Waals surface area contributed by atoms with E-state index in [-0.39, 0.29) is 11.6 Å². The van der Waals surface area contributed by atoms with Crippen molar-refractivity contribution in [3.63, 3.8) is 0 Å². The summed E-state index contributed by atoms with van der Waals surface area (Å²) in [4.78, 5) is 30.3. The summed E-state index contributed by atoms with van der Waals surface area (Å²) < 4.78 is 1.63. The molecule has 3 heterocycles. The van der Waals surface area contributed by atoms with Gasteiger partial charge in [-0.15, -0.1) is 0 Å². The van der Waals surface area contributed by atoms with E-state index in [0.717, 1.165) is 40.7 Å². The lowest BCUT2D eigenvalue weighted by Crippen LogP contribution is -2.26. The molecule has 4 aromatic rings. The van der Waals surface area contributed by atoms with Crippen LogP contribution in [0.2, 0.25) is 0 Å². The number of rotatable bonds is 4. The molecule has 1 aliphatic rings. The lowest BCUT2D eigenvalue weighted by molar-refractivity contribution is -0.127. The number of H-pyrrole nitrogens is 1. The highest BCUT2D eigenvalue weighted by Gasteiger charge is 2.26. The molecule has 7 heteroatoms. The Kier molecular flexibility index (Phi) is 4.86. The molecule has 156 valence electrons. The van der Waals surface area contributed by atoms with Crippen molar-refractivity contribution in [3.05, 3.63) is 77.1 Å². The van der Waals surface area contributed by atoms with E-state index in [0.29, 0.717) is 24.7 Å². The summed E-state index contributed by atoms with van der Waals surface area (Å²) in [7, 11) is 0. The Hall–Kier alpha value is -3.74. The van der Waals surface area contributed by atoms with Crippen LogP contribution < -0.4 is 5.69 Å². The molecule has 0 saturated carbocycles. The third-order valence-electron chi connectivity index (χ3n) is 6.01. The maximum atomic E-state index is 12.5. The normalized spacial score (nSPS) is 16.2. The molecular weight excluding hydrogens is 390 g/mol. The number of fused-ring (bicyclic) bond motifs is 1. The standard InChI is InChI=1S/C24H23N5O2/c1-16(30)28-12-10-17(15-28)13-23-26-27-24(31)29(23)21-8-6-18(7-9-21)20-5-4-19-3-2-11-25-22(19)14-20/h2-9,11,14,17H,10,12-13,15H2,1H3,(H,27,31)/t17-/m0/s1. The summed E-state index contributed by atoms with van der Waals surface area (Å²) in [6.07, 6.45) is 3.37. The predicted molar refractivity (Wildman–Crippen MR) is 119 cm³/mol. The molecule has 1 atom stereocenters. The first kappa shape index (κ1) is 19.2. The van der Waals surface area contributed by atoms with Crippen LogP contribution in [0.4, 0.5) is 0 Å². The van der Waals surface area contributed by atoms with Crippen LogP contribution in [0.3, 0.4) is 0 Å². The van der Waals surface area contributed by atoms with Gasteiger partial charge in [0.1, 0.15) is 5.82 Å². The van der Waals surface area contributed by atoms with Crippen LogP contribution in [-0.4, -0.2) is 43.6 Å². The minimum atomic E-state index is -0.251. The highest BCUT2D eigenvalue weighted by atomic mass is 16.2. The molecule has 1 amide bonds. The van der Waals surface area contributed by atoms with Gasteiger partial charge in [-0.3, -0.25) is 9.78 Å². The van der Waals surface area contributed by atoms with E-state index in [1.54, 1.807) is 17.7 Å².